The number of ether oxygens (including phenoxy) is 2. The second-order valence-corrected chi connectivity index (χ2v) is 8.96. The molecule has 4 aromatic rings. The predicted octanol–water partition coefficient (Wildman–Crippen LogP) is 4.79. The first-order valence-corrected chi connectivity index (χ1v) is 11.9. The second kappa shape index (κ2) is 9.87. The molecule has 0 aliphatic carbocycles. The molecule has 0 saturated carbocycles. The Labute approximate surface area is 213 Å². The third-order valence-electron chi connectivity index (χ3n) is 6.18. The van der Waals surface area contributed by atoms with Crippen molar-refractivity contribution >= 4 is 34.4 Å². The maximum Gasteiger partial charge on any atom is 0.264 e. The summed E-state index contributed by atoms with van der Waals surface area (Å²) in [5, 5.41) is 5.58. The Kier molecular flexibility index (Phi) is 6.47. The number of methoxy groups -OCH3 is 1. The van der Waals surface area contributed by atoms with Gasteiger partial charge in [-0.25, -0.2) is 14.6 Å². The summed E-state index contributed by atoms with van der Waals surface area (Å²) in [4.78, 5) is 22.8. The van der Waals surface area contributed by atoms with Crippen molar-refractivity contribution in [1.82, 2.24) is 24.6 Å². The van der Waals surface area contributed by atoms with E-state index in [1.807, 2.05) is 53.2 Å². The molecule has 1 saturated heterocycles. The number of benzene rings is 2. The van der Waals surface area contributed by atoms with Gasteiger partial charge in [0.2, 0.25) is 0 Å². The summed E-state index contributed by atoms with van der Waals surface area (Å²) in [6, 6.07) is 14.9. The number of hydrogen-bond acceptors (Lipinski definition) is 7. The molecule has 10 heteroatoms. The Bertz CT molecular complexity index is 1440. The van der Waals surface area contributed by atoms with Gasteiger partial charge in [0, 0.05) is 24.7 Å². The Morgan fingerprint density at radius 1 is 1.14 bits per heavy atom. The SMILES string of the molecule is C=C(Cl)C(=O)N1CCCC(n2nc(-c3ccc(Oc4cccc(OC)c4)cc3)c3c(N)ncnc32)C1. The molecule has 1 amide bonds. The van der Waals surface area contributed by atoms with Crippen LogP contribution in [0, 0.1) is 0 Å². The molecule has 3 heterocycles. The van der Waals surface area contributed by atoms with Gasteiger partial charge in [0.25, 0.3) is 5.91 Å². The molecule has 184 valence electrons. The maximum absolute atomic E-state index is 12.4. The summed E-state index contributed by atoms with van der Waals surface area (Å²) in [7, 11) is 1.62. The van der Waals surface area contributed by atoms with E-state index in [1.54, 1.807) is 12.0 Å². The molecule has 9 nitrogen and oxygen atoms in total. The van der Waals surface area contributed by atoms with Gasteiger partial charge in [-0.05, 0) is 49.2 Å². The summed E-state index contributed by atoms with van der Waals surface area (Å²) in [5.74, 6) is 2.14. The van der Waals surface area contributed by atoms with Gasteiger partial charge in [0.15, 0.2) is 5.65 Å². The Hall–Kier alpha value is -4.11. The van der Waals surface area contributed by atoms with Gasteiger partial charge >= 0.3 is 0 Å². The third-order valence-corrected chi connectivity index (χ3v) is 6.35. The highest BCUT2D eigenvalue weighted by atomic mass is 35.5. The van der Waals surface area contributed by atoms with Crippen LogP contribution in [-0.2, 0) is 4.79 Å². The van der Waals surface area contributed by atoms with E-state index in [0.29, 0.717) is 47.1 Å². The molecule has 1 aliphatic heterocycles. The highest BCUT2D eigenvalue weighted by Crippen LogP contribution is 2.35. The monoisotopic (exact) mass is 504 g/mol. The highest BCUT2D eigenvalue weighted by Gasteiger charge is 2.29. The van der Waals surface area contributed by atoms with Gasteiger partial charge < -0.3 is 20.1 Å². The fraction of sp³-hybridized carbons (Fsp3) is 0.231. The Morgan fingerprint density at radius 3 is 2.67 bits per heavy atom. The van der Waals surface area contributed by atoms with Crippen LogP contribution in [-0.4, -0.2) is 50.8 Å². The number of aromatic nitrogens is 4. The van der Waals surface area contributed by atoms with Crippen LogP contribution in [0.15, 0.2) is 66.5 Å². The van der Waals surface area contributed by atoms with Crippen LogP contribution in [0.4, 0.5) is 5.82 Å². The molecule has 36 heavy (non-hydrogen) atoms. The summed E-state index contributed by atoms with van der Waals surface area (Å²) < 4.78 is 13.1. The number of rotatable bonds is 6. The van der Waals surface area contributed by atoms with Crippen molar-refractivity contribution in [2.45, 2.75) is 18.9 Å². The van der Waals surface area contributed by atoms with Gasteiger partial charge in [0.1, 0.15) is 35.1 Å². The van der Waals surface area contributed by atoms with E-state index in [9.17, 15) is 4.79 Å². The lowest BCUT2D eigenvalue weighted by Crippen LogP contribution is -2.41. The number of anilines is 1. The number of hydrogen-bond donors (Lipinski definition) is 1. The summed E-state index contributed by atoms with van der Waals surface area (Å²) >= 11 is 5.87. The molecule has 2 aromatic carbocycles. The minimum atomic E-state index is -0.265. The van der Waals surface area contributed by atoms with Gasteiger partial charge in [-0.1, -0.05) is 24.2 Å². The van der Waals surface area contributed by atoms with Crippen LogP contribution in [0.25, 0.3) is 22.3 Å². The van der Waals surface area contributed by atoms with Crippen molar-refractivity contribution in [2.75, 3.05) is 25.9 Å². The molecule has 0 spiro atoms. The zero-order chi connectivity index (χ0) is 25.2. The number of likely N-dealkylation sites (tertiary alicyclic amines) is 1. The Morgan fingerprint density at radius 2 is 1.92 bits per heavy atom. The summed E-state index contributed by atoms with van der Waals surface area (Å²) in [6.07, 6.45) is 3.08. The highest BCUT2D eigenvalue weighted by molar-refractivity contribution is 6.41. The van der Waals surface area contributed by atoms with Crippen molar-refractivity contribution in [3.63, 3.8) is 0 Å². The number of nitrogens with two attached hydrogens (primary N) is 1. The topological polar surface area (TPSA) is 108 Å². The normalized spacial score (nSPS) is 15.6. The lowest BCUT2D eigenvalue weighted by molar-refractivity contribution is -0.128. The fourth-order valence-electron chi connectivity index (χ4n) is 4.44. The fourth-order valence-corrected chi connectivity index (χ4v) is 4.56. The molecule has 1 aliphatic rings. The predicted molar refractivity (Wildman–Crippen MR) is 138 cm³/mol. The molecule has 5 rings (SSSR count). The number of piperidine rings is 1. The number of nitrogen functional groups attached to an aromatic ring is 1. The van der Waals surface area contributed by atoms with E-state index in [-0.39, 0.29) is 17.0 Å². The maximum atomic E-state index is 12.4. The molecule has 2 aromatic heterocycles. The van der Waals surface area contributed by atoms with Crippen molar-refractivity contribution in [3.05, 3.63) is 66.5 Å². The van der Waals surface area contributed by atoms with Gasteiger partial charge in [-0.3, -0.25) is 4.79 Å². The first kappa shape index (κ1) is 23.6. The molecule has 0 bridgehead atoms. The minimum Gasteiger partial charge on any atom is -0.497 e. The van der Waals surface area contributed by atoms with Gasteiger partial charge in [0.05, 0.1) is 23.6 Å². The van der Waals surface area contributed by atoms with Crippen LogP contribution in [0.1, 0.15) is 18.9 Å². The van der Waals surface area contributed by atoms with Crippen molar-refractivity contribution in [1.29, 1.82) is 0 Å². The average Bonchev–Trinajstić information content (AvgIpc) is 3.30. The van der Waals surface area contributed by atoms with E-state index in [4.69, 9.17) is 31.9 Å². The molecule has 1 unspecified atom stereocenters. The molecule has 1 atom stereocenters. The average molecular weight is 505 g/mol. The lowest BCUT2D eigenvalue weighted by atomic mass is 10.1. The first-order valence-electron chi connectivity index (χ1n) is 11.5. The minimum absolute atomic E-state index is 0.00415. The second-order valence-electron chi connectivity index (χ2n) is 8.51. The lowest BCUT2D eigenvalue weighted by Gasteiger charge is -2.32. The van der Waals surface area contributed by atoms with Crippen molar-refractivity contribution in [3.8, 4) is 28.5 Å². The molecular formula is C26H25ClN6O3. The van der Waals surface area contributed by atoms with Crippen molar-refractivity contribution in [2.24, 2.45) is 0 Å². The molecule has 1 fully saturated rings. The van der Waals surface area contributed by atoms with E-state index in [1.165, 1.54) is 6.33 Å². The number of halogens is 1. The third kappa shape index (κ3) is 4.57. The Balaban J connectivity index is 1.47. The summed E-state index contributed by atoms with van der Waals surface area (Å²) in [5.41, 5.74) is 8.41. The van der Waals surface area contributed by atoms with Crippen molar-refractivity contribution < 1.29 is 14.3 Å². The quantitative estimate of drug-likeness (QED) is 0.376. The van der Waals surface area contributed by atoms with Crippen LogP contribution in [0.2, 0.25) is 0 Å². The van der Waals surface area contributed by atoms with E-state index < -0.39 is 0 Å². The number of amides is 1. The van der Waals surface area contributed by atoms with E-state index >= 15 is 0 Å². The number of nitrogens with zero attached hydrogens (tertiary/aromatic N) is 5. The van der Waals surface area contributed by atoms with Crippen LogP contribution >= 0.6 is 11.6 Å². The molecular weight excluding hydrogens is 480 g/mol. The number of carbonyl (C=O) groups excluding carboxylic acids is 1. The zero-order valence-corrected chi connectivity index (χ0v) is 20.5. The largest absolute Gasteiger partial charge is 0.497 e. The van der Waals surface area contributed by atoms with Crippen LogP contribution in [0.3, 0.4) is 0 Å². The molecule has 2 N–H and O–H groups in total. The zero-order valence-electron chi connectivity index (χ0n) is 19.7. The standard InChI is InChI=1S/C26H25ClN6O3/c1-16(27)26(34)32-12-4-5-18(14-32)33-25-22(24(28)29-15-30-25)23(31-33)17-8-10-19(11-9-17)36-21-7-3-6-20(13-21)35-2/h3,6-11,13,15,18H,1,4-5,12,14H2,2H3,(H2,28,29,30). The summed E-state index contributed by atoms with van der Waals surface area (Å²) in [6.45, 7) is 4.65. The smallest absolute Gasteiger partial charge is 0.264 e. The van der Waals surface area contributed by atoms with E-state index in [2.05, 4.69) is 16.5 Å². The van der Waals surface area contributed by atoms with E-state index in [0.717, 1.165) is 24.2 Å². The van der Waals surface area contributed by atoms with Gasteiger partial charge in [-0.15, -0.1) is 0 Å². The first-order chi connectivity index (χ1) is 17.4. The molecule has 0 radical (unpaired) electrons. The van der Waals surface area contributed by atoms with Crippen LogP contribution in [0.5, 0.6) is 17.2 Å². The van der Waals surface area contributed by atoms with Gasteiger partial charge in [-0.2, -0.15) is 5.10 Å². The van der Waals surface area contributed by atoms with Crippen LogP contribution < -0.4 is 15.2 Å². The number of fused-ring (bicyclic) bond motifs is 1. The number of carbonyl (C=O) groups is 1.